The van der Waals surface area contributed by atoms with Crippen molar-refractivity contribution < 1.29 is 8.42 Å². The first-order valence-corrected chi connectivity index (χ1v) is 11.2. The number of hydrogen-bond acceptors (Lipinski definition) is 3. The van der Waals surface area contributed by atoms with Crippen molar-refractivity contribution in [1.82, 2.24) is 14.9 Å². The fourth-order valence-corrected chi connectivity index (χ4v) is 4.98. The highest BCUT2D eigenvalue weighted by Gasteiger charge is 2.37. The van der Waals surface area contributed by atoms with Crippen LogP contribution in [0.1, 0.15) is 59.3 Å². The van der Waals surface area contributed by atoms with Crippen LogP contribution in [0.4, 0.5) is 0 Å². The van der Waals surface area contributed by atoms with Crippen LogP contribution in [0.15, 0.2) is 4.99 Å². The summed E-state index contributed by atoms with van der Waals surface area (Å²) in [6.07, 6.45) is 6.13. The van der Waals surface area contributed by atoms with Crippen molar-refractivity contribution in [2.45, 2.75) is 71.4 Å². The smallest absolute Gasteiger partial charge is 0.214 e. The molecular formula is C17H35IN4O2S. The molecule has 0 spiro atoms. The number of nitrogens with zero attached hydrogens (tertiary/aromatic N) is 2. The largest absolute Gasteiger partial charge is 0.354 e. The molecule has 0 amide bonds. The molecular weight excluding hydrogens is 451 g/mol. The first-order chi connectivity index (χ1) is 11.5. The summed E-state index contributed by atoms with van der Waals surface area (Å²) in [7, 11) is -3.06. The van der Waals surface area contributed by atoms with E-state index in [4.69, 9.17) is 0 Å². The molecule has 25 heavy (non-hydrogen) atoms. The summed E-state index contributed by atoms with van der Waals surface area (Å²) in [6, 6.07) is 0.868. The van der Waals surface area contributed by atoms with E-state index in [2.05, 4.69) is 22.5 Å². The molecule has 1 heterocycles. The van der Waals surface area contributed by atoms with Gasteiger partial charge in [0.2, 0.25) is 10.0 Å². The molecule has 0 aromatic heterocycles. The van der Waals surface area contributed by atoms with E-state index < -0.39 is 10.0 Å². The Balaban J connectivity index is 0.00000312. The second-order valence-electron chi connectivity index (χ2n) is 6.99. The lowest BCUT2D eigenvalue weighted by Gasteiger charge is -2.32. The zero-order chi connectivity index (χ0) is 17.6. The van der Waals surface area contributed by atoms with E-state index in [1.54, 1.807) is 4.31 Å². The van der Waals surface area contributed by atoms with Crippen LogP contribution in [-0.2, 0) is 10.0 Å². The molecule has 148 valence electrons. The SMILES string of the molecule is CCCC1CC1NC(=NCC)NC1CCN(S(=O)(=O)CCC)CC1.I. The Morgan fingerprint density at radius 1 is 1.12 bits per heavy atom. The van der Waals surface area contributed by atoms with Crippen molar-refractivity contribution in [1.29, 1.82) is 0 Å². The molecule has 0 bridgehead atoms. The van der Waals surface area contributed by atoms with Gasteiger partial charge >= 0.3 is 0 Å². The number of guanidine groups is 1. The average Bonchev–Trinajstić information content (AvgIpc) is 3.26. The van der Waals surface area contributed by atoms with Crippen molar-refractivity contribution >= 4 is 40.0 Å². The number of rotatable bonds is 8. The molecule has 2 N–H and O–H groups in total. The third-order valence-electron chi connectivity index (χ3n) is 4.87. The Kier molecular flexibility index (Phi) is 10.0. The van der Waals surface area contributed by atoms with Gasteiger partial charge < -0.3 is 10.6 Å². The van der Waals surface area contributed by atoms with E-state index in [-0.39, 0.29) is 29.7 Å². The second kappa shape index (κ2) is 10.9. The maximum absolute atomic E-state index is 12.1. The fraction of sp³-hybridized carbons (Fsp3) is 0.941. The summed E-state index contributed by atoms with van der Waals surface area (Å²) in [5, 5.41) is 7.06. The zero-order valence-corrected chi connectivity index (χ0v) is 19.0. The monoisotopic (exact) mass is 486 g/mol. The standard InChI is InChI=1S/C17H34N4O2S.HI/c1-4-7-14-13-16(14)20-17(18-6-3)19-15-8-10-21(11-9-15)24(22,23)12-5-2;/h14-16H,4-13H2,1-3H3,(H2,18,19,20);1H. The molecule has 2 rings (SSSR count). The summed E-state index contributed by atoms with van der Waals surface area (Å²) >= 11 is 0. The number of sulfonamides is 1. The minimum atomic E-state index is -3.06. The Labute approximate surface area is 170 Å². The summed E-state index contributed by atoms with van der Waals surface area (Å²) in [5.41, 5.74) is 0. The van der Waals surface area contributed by atoms with E-state index in [0.29, 0.717) is 31.6 Å². The lowest BCUT2D eigenvalue weighted by Crippen LogP contribution is -2.50. The van der Waals surface area contributed by atoms with Gasteiger partial charge in [-0.1, -0.05) is 20.3 Å². The molecule has 0 radical (unpaired) electrons. The van der Waals surface area contributed by atoms with Crippen LogP contribution >= 0.6 is 24.0 Å². The van der Waals surface area contributed by atoms with Crippen molar-refractivity contribution in [2.75, 3.05) is 25.4 Å². The molecule has 1 saturated carbocycles. The number of aliphatic imine (C=N–C) groups is 1. The van der Waals surface area contributed by atoms with Crippen molar-refractivity contribution in [3.63, 3.8) is 0 Å². The molecule has 2 atom stereocenters. The average molecular weight is 486 g/mol. The summed E-state index contributed by atoms with van der Waals surface area (Å²) in [4.78, 5) is 4.55. The third kappa shape index (κ3) is 7.21. The number of nitrogens with one attached hydrogen (secondary N) is 2. The van der Waals surface area contributed by atoms with Gasteiger partial charge in [0.05, 0.1) is 5.75 Å². The van der Waals surface area contributed by atoms with E-state index in [1.807, 2.05) is 13.8 Å². The fourth-order valence-electron chi connectivity index (χ4n) is 3.44. The first-order valence-electron chi connectivity index (χ1n) is 9.55. The van der Waals surface area contributed by atoms with Gasteiger partial charge in [-0.15, -0.1) is 24.0 Å². The molecule has 1 saturated heterocycles. The molecule has 0 aromatic carbocycles. The Hall–Kier alpha value is -0.0900. The quantitative estimate of drug-likeness (QED) is 0.314. The Bertz CT molecular complexity index is 519. The molecule has 6 nitrogen and oxygen atoms in total. The topological polar surface area (TPSA) is 73.8 Å². The van der Waals surface area contributed by atoms with Crippen LogP contribution < -0.4 is 10.6 Å². The van der Waals surface area contributed by atoms with E-state index >= 15 is 0 Å². The molecule has 2 fully saturated rings. The molecule has 1 aliphatic heterocycles. The first kappa shape index (κ1) is 23.0. The Morgan fingerprint density at radius 2 is 1.80 bits per heavy atom. The maximum Gasteiger partial charge on any atom is 0.214 e. The number of halogens is 1. The summed E-state index contributed by atoms with van der Waals surface area (Å²) < 4.78 is 25.9. The second-order valence-corrected chi connectivity index (χ2v) is 9.08. The normalized spacial score (nSPS) is 25.3. The van der Waals surface area contributed by atoms with Gasteiger partial charge in [0, 0.05) is 31.7 Å². The zero-order valence-electron chi connectivity index (χ0n) is 15.8. The van der Waals surface area contributed by atoms with Gasteiger partial charge in [0.15, 0.2) is 5.96 Å². The third-order valence-corrected chi connectivity index (χ3v) is 6.95. The van der Waals surface area contributed by atoms with Crippen molar-refractivity contribution in [3.05, 3.63) is 0 Å². The molecule has 1 aliphatic carbocycles. The molecule has 2 unspecified atom stereocenters. The molecule has 2 aliphatic rings. The van der Waals surface area contributed by atoms with Gasteiger partial charge in [-0.05, 0) is 44.9 Å². The number of piperidine rings is 1. The lowest BCUT2D eigenvalue weighted by molar-refractivity contribution is 0.306. The van der Waals surface area contributed by atoms with Crippen LogP contribution in [0.3, 0.4) is 0 Å². The summed E-state index contributed by atoms with van der Waals surface area (Å²) in [6.45, 7) is 8.16. The van der Waals surface area contributed by atoms with E-state index in [1.165, 1.54) is 19.3 Å². The van der Waals surface area contributed by atoms with Crippen LogP contribution in [-0.4, -0.2) is 56.2 Å². The highest BCUT2D eigenvalue weighted by Crippen LogP contribution is 2.34. The van der Waals surface area contributed by atoms with E-state index in [0.717, 1.165) is 31.3 Å². The van der Waals surface area contributed by atoms with Gasteiger partial charge in [0.25, 0.3) is 0 Å². The Morgan fingerprint density at radius 3 is 2.36 bits per heavy atom. The predicted molar refractivity (Wildman–Crippen MR) is 115 cm³/mol. The number of hydrogen-bond donors (Lipinski definition) is 2. The molecule has 8 heteroatoms. The van der Waals surface area contributed by atoms with Gasteiger partial charge in [-0.2, -0.15) is 0 Å². The lowest BCUT2D eigenvalue weighted by atomic mass is 10.1. The van der Waals surface area contributed by atoms with Crippen LogP contribution in [0.5, 0.6) is 0 Å². The van der Waals surface area contributed by atoms with Crippen molar-refractivity contribution in [3.8, 4) is 0 Å². The predicted octanol–water partition coefficient (Wildman–Crippen LogP) is 2.55. The maximum atomic E-state index is 12.1. The van der Waals surface area contributed by atoms with Crippen LogP contribution in [0, 0.1) is 5.92 Å². The van der Waals surface area contributed by atoms with E-state index in [9.17, 15) is 8.42 Å². The van der Waals surface area contributed by atoms with Crippen molar-refractivity contribution in [2.24, 2.45) is 10.9 Å². The molecule has 0 aromatic rings. The summed E-state index contributed by atoms with van der Waals surface area (Å²) in [5.74, 6) is 1.95. The van der Waals surface area contributed by atoms with Crippen LogP contribution in [0.25, 0.3) is 0 Å². The van der Waals surface area contributed by atoms with Gasteiger partial charge in [-0.25, -0.2) is 12.7 Å². The highest BCUT2D eigenvalue weighted by molar-refractivity contribution is 14.0. The highest BCUT2D eigenvalue weighted by atomic mass is 127. The van der Waals surface area contributed by atoms with Gasteiger partial charge in [0.1, 0.15) is 0 Å². The minimum Gasteiger partial charge on any atom is -0.354 e. The minimum absolute atomic E-state index is 0. The van der Waals surface area contributed by atoms with Crippen LogP contribution in [0.2, 0.25) is 0 Å². The van der Waals surface area contributed by atoms with Gasteiger partial charge in [-0.3, -0.25) is 4.99 Å².